The second-order valence-corrected chi connectivity index (χ2v) is 8.75. The van der Waals surface area contributed by atoms with E-state index in [1.165, 1.54) is 0 Å². The molecule has 1 heterocycles. The van der Waals surface area contributed by atoms with E-state index in [4.69, 9.17) is 5.11 Å². The second kappa shape index (κ2) is 13.1. The van der Waals surface area contributed by atoms with Crippen LogP contribution in [0.4, 0.5) is 0 Å². The Morgan fingerprint density at radius 3 is 2.83 bits per heavy atom. The van der Waals surface area contributed by atoms with Gasteiger partial charge in [-0.25, -0.2) is 0 Å². The monoisotopic (exact) mass is 429 g/mol. The van der Waals surface area contributed by atoms with E-state index in [0.29, 0.717) is 25.8 Å². The van der Waals surface area contributed by atoms with Gasteiger partial charge in [-0.3, -0.25) is 9.59 Å². The van der Waals surface area contributed by atoms with Crippen LogP contribution in [0.3, 0.4) is 0 Å². The number of thioether (sulfide) groups is 1. The van der Waals surface area contributed by atoms with E-state index in [0.717, 1.165) is 23.5 Å². The smallest absolute Gasteiger partial charge is 0.303 e. The second-order valence-electron chi connectivity index (χ2n) is 7.53. The normalized spacial score (nSPS) is 18.3. The standard InChI is InChI=1S/C24H31NO4S/c1-19(7-5-10-20-8-3-2-4-9-20)22(26)14-12-21-13-15-23(27)25(21)16-18-30-17-6-11-24(28)29/h2-4,8-9,12,14,19,21-22,26H,6-7,11,13,15-18H2,1H3,(H,28,29)/t19-,21-,22+/m0/s1. The van der Waals surface area contributed by atoms with Gasteiger partial charge in [-0.1, -0.05) is 49.1 Å². The van der Waals surface area contributed by atoms with Crippen molar-refractivity contribution in [3.8, 4) is 11.8 Å². The molecule has 0 aromatic heterocycles. The van der Waals surface area contributed by atoms with Gasteiger partial charge < -0.3 is 15.1 Å². The molecule has 1 amide bonds. The highest BCUT2D eigenvalue weighted by molar-refractivity contribution is 7.99. The van der Waals surface area contributed by atoms with E-state index in [9.17, 15) is 14.7 Å². The van der Waals surface area contributed by atoms with Crippen molar-refractivity contribution in [1.82, 2.24) is 4.90 Å². The quantitative estimate of drug-likeness (QED) is 0.319. The summed E-state index contributed by atoms with van der Waals surface area (Å²) in [5, 5.41) is 19.1. The molecule has 0 spiro atoms. The molecule has 1 fully saturated rings. The number of aliphatic hydroxyl groups is 1. The highest BCUT2D eigenvalue weighted by atomic mass is 32.2. The maximum absolute atomic E-state index is 12.2. The number of carboxylic acids is 1. The third-order valence-corrected chi connectivity index (χ3v) is 6.12. The van der Waals surface area contributed by atoms with Gasteiger partial charge in [-0.05, 0) is 36.6 Å². The molecule has 1 aromatic rings. The Kier molecular flexibility index (Phi) is 10.5. The van der Waals surface area contributed by atoms with Crippen LogP contribution in [0.1, 0.15) is 44.6 Å². The zero-order chi connectivity index (χ0) is 21.8. The summed E-state index contributed by atoms with van der Waals surface area (Å²) in [6.45, 7) is 2.62. The number of hydrogen-bond acceptors (Lipinski definition) is 4. The van der Waals surface area contributed by atoms with Crippen LogP contribution >= 0.6 is 11.8 Å². The molecule has 3 atom stereocenters. The predicted molar refractivity (Wildman–Crippen MR) is 121 cm³/mol. The van der Waals surface area contributed by atoms with Gasteiger partial charge in [-0.2, -0.15) is 11.8 Å². The average Bonchev–Trinajstić information content (AvgIpc) is 3.08. The summed E-state index contributed by atoms with van der Waals surface area (Å²) >= 11 is 1.68. The summed E-state index contributed by atoms with van der Waals surface area (Å²) in [7, 11) is 0. The van der Waals surface area contributed by atoms with Gasteiger partial charge in [0.15, 0.2) is 0 Å². The number of carboxylic acid groups (broad SMARTS) is 1. The largest absolute Gasteiger partial charge is 0.481 e. The number of carbonyl (C=O) groups is 2. The molecule has 0 unspecified atom stereocenters. The zero-order valence-electron chi connectivity index (χ0n) is 17.5. The lowest BCUT2D eigenvalue weighted by Crippen LogP contribution is -2.34. The number of benzene rings is 1. The number of likely N-dealkylation sites (tertiary alicyclic amines) is 1. The number of aliphatic hydroxyl groups excluding tert-OH is 1. The van der Waals surface area contributed by atoms with Gasteiger partial charge in [0, 0.05) is 37.1 Å². The minimum absolute atomic E-state index is 0.00723. The average molecular weight is 430 g/mol. The summed E-state index contributed by atoms with van der Waals surface area (Å²) in [4.78, 5) is 24.6. The Morgan fingerprint density at radius 2 is 2.10 bits per heavy atom. The highest BCUT2D eigenvalue weighted by Crippen LogP contribution is 2.21. The van der Waals surface area contributed by atoms with Crippen LogP contribution in [0, 0.1) is 17.8 Å². The van der Waals surface area contributed by atoms with E-state index in [2.05, 4.69) is 11.8 Å². The van der Waals surface area contributed by atoms with Crippen molar-refractivity contribution in [1.29, 1.82) is 0 Å². The fraction of sp³-hybridized carbons (Fsp3) is 0.500. The van der Waals surface area contributed by atoms with Crippen molar-refractivity contribution in [3.63, 3.8) is 0 Å². The minimum atomic E-state index is -0.769. The maximum Gasteiger partial charge on any atom is 0.303 e. The van der Waals surface area contributed by atoms with E-state index in [-0.39, 0.29) is 24.3 Å². The third kappa shape index (κ3) is 8.64. The first-order valence-corrected chi connectivity index (χ1v) is 11.6. The van der Waals surface area contributed by atoms with Gasteiger partial charge in [0.2, 0.25) is 5.91 Å². The van der Waals surface area contributed by atoms with Gasteiger partial charge >= 0.3 is 5.97 Å². The fourth-order valence-corrected chi connectivity index (χ4v) is 4.10. The van der Waals surface area contributed by atoms with Gasteiger partial charge in [0.1, 0.15) is 0 Å². The van der Waals surface area contributed by atoms with E-state index in [1.807, 2.05) is 48.2 Å². The summed E-state index contributed by atoms with van der Waals surface area (Å²) in [6, 6.07) is 9.81. The van der Waals surface area contributed by atoms with E-state index < -0.39 is 12.1 Å². The lowest BCUT2D eigenvalue weighted by molar-refractivity contribution is -0.137. The maximum atomic E-state index is 12.2. The molecule has 30 heavy (non-hydrogen) atoms. The minimum Gasteiger partial charge on any atom is -0.481 e. The van der Waals surface area contributed by atoms with E-state index >= 15 is 0 Å². The highest BCUT2D eigenvalue weighted by Gasteiger charge is 2.28. The topological polar surface area (TPSA) is 77.8 Å². The fourth-order valence-electron chi connectivity index (χ4n) is 3.22. The molecule has 0 saturated carbocycles. The third-order valence-electron chi connectivity index (χ3n) is 5.07. The molecule has 2 rings (SSSR count). The van der Waals surface area contributed by atoms with Crippen LogP contribution < -0.4 is 0 Å². The molecular weight excluding hydrogens is 398 g/mol. The Bertz CT molecular complexity index is 768. The van der Waals surface area contributed by atoms with Crippen LogP contribution in [0.2, 0.25) is 0 Å². The summed E-state index contributed by atoms with van der Waals surface area (Å²) in [5.74, 6) is 7.21. The Morgan fingerprint density at radius 1 is 1.33 bits per heavy atom. The van der Waals surface area contributed by atoms with Gasteiger partial charge in [-0.15, -0.1) is 0 Å². The molecule has 162 valence electrons. The van der Waals surface area contributed by atoms with Crippen molar-refractivity contribution in [3.05, 3.63) is 48.0 Å². The SMILES string of the molecule is C[C@@H](CC#Cc1ccccc1)[C@H](O)C=C[C@H]1CCC(=O)N1CCSCCCC(=O)O. The van der Waals surface area contributed by atoms with Crippen LogP contribution in [0.15, 0.2) is 42.5 Å². The van der Waals surface area contributed by atoms with E-state index in [1.54, 1.807) is 17.8 Å². The molecular formula is C24H31NO4S. The molecule has 1 saturated heterocycles. The number of aliphatic carboxylic acids is 1. The first-order chi connectivity index (χ1) is 14.5. The van der Waals surface area contributed by atoms with Crippen LogP contribution in [-0.2, 0) is 9.59 Å². The Balaban J connectivity index is 1.76. The van der Waals surface area contributed by atoms with Crippen molar-refractivity contribution in [2.24, 2.45) is 5.92 Å². The molecule has 1 aliphatic rings. The Labute approximate surface area is 183 Å². The van der Waals surface area contributed by atoms with Crippen molar-refractivity contribution in [2.45, 2.75) is 51.2 Å². The number of carbonyl (C=O) groups excluding carboxylic acids is 1. The van der Waals surface area contributed by atoms with Crippen LogP contribution in [-0.4, -0.2) is 57.2 Å². The summed E-state index contributed by atoms with van der Waals surface area (Å²) in [6.07, 6.45) is 5.89. The van der Waals surface area contributed by atoms with Crippen LogP contribution in [0.25, 0.3) is 0 Å². The number of nitrogens with zero attached hydrogens (tertiary/aromatic N) is 1. The molecule has 2 N–H and O–H groups in total. The van der Waals surface area contributed by atoms with Gasteiger partial charge in [0.25, 0.3) is 0 Å². The summed E-state index contributed by atoms with van der Waals surface area (Å²) in [5.41, 5.74) is 0.968. The van der Waals surface area contributed by atoms with Crippen molar-refractivity contribution < 1.29 is 19.8 Å². The molecule has 1 aliphatic heterocycles. The molecule has 0 aliphatic carbocycles. The lowest BCUT2D eigenvalue weighted by Gasteiger charge is -2.23. The number of hydrogen-bond donors (Lipinski definition) is 2. The molecule has 6 heteroatoms. The summed E-state index contributed by atoms with van der Waals surface area (Å²) < 4.78 is 0. The first kappa shape index (κ1) is 24.0. The van der Waals surface area contributed by atoms with Gasteiger partial charge in [0.05, 0.1) is 12.1 Å². The van der Waals surface area contributed by atoms with Crippen molar-refractivity contribution >= 4 is 23.6 Å². The predicted octanol–water partition coefficient (Wildman–Crippen LogP) is 3.57. The lowest BCUT2D eigenvalue weighted by atomic mass is 9.99. The molecule has 5 nitrogen and oxygen atoms in total. The van der Waals surface area contributed by atoms with Crippen LogP contribution in [0.5, 0.6) is 0 Å². The first-order valence-electron chi connectivity index (χ1n) is 10.5. The molecule has 1 aromatic carbocycles. The zero-order valence-corrected chi connectivity index (χ0v) is 18.3. The van der Waals surface area contributed by atoms with Crippen molar-refractivity contribution in [2.75, 3.05) is 18.1 Å². The Hall–Kier alpha value is -2.23. The number of amides is 1. The molecule has 0 radical (unpaired) electrons. The molecule has 0 bridgehead atoms. The number of rotatable bonds is 11.